The molecule has 1 aliphatic carbocycles. The van der Waals surface area contributed by atoms with Gasteiger partial charge in [-0.15, -0.1) is 11.3 Å². The van der Waals surface area contributed by atoms with Gasteiger partial charge in [0.1, 0.15) is 0 Å². The molecule has 0 amide bonds. The molecule has 1 aliphatic rings. The van der Waals surface area contributed by atoms with E-state index in [0.29, 0.717) is 5.92 Å². The van der Waals surface area contributed by atoms with Gasteiger partial charge in [-0.05, 0) is 43.4 Å². The Labute approximate surface area is 134 Å². The van der Waals surface area contributed by atoms with Crippen LogP contribution in [0.25, 0.3) is 0 Å². The number of hydrogen-bond donors (Lipinski definition) is 1. The molecule has 0 saturated heterocycles. The number of thiazole rings is 1. The minimum atomic E-state index is 0.147. The first kappa shape index (κ1) is 17.0. The third-order valence-corrected chi connectivity index (χ3v) is 5.97. The summed E-state index contributed by atoms with van der Waals surface area (Å²) >= 11 is 1.78. The Morgan fingerprint density at radius 1 is 1.19 bits per heavy atom. The second-order valence-electron chi connectivity index (χ2n) is 8.16. The van der Waals surface area contributed by atoms with E-state index in [1.54, 1.807) is 11.3 Å². The molecule has 0 bridgehead atoms. The molecule has 0 radical (unpaired) electrons. The molecule has 0 aromatic carbocycles. The van der Waals surface area contributed by atoms with Crippen molar-refractivity contribution in [2.45, 2.75) is 78.2 Å². The lowest BCUT2D eigenvalue weighted by Gasteiger charge is -2.33. The predicted octanol–water partition coefficient (Wildman–Crippen LogP) is 4.77. The summed E-state index contributed by atoms with van der Waals surface area (Å²) in [5.41, 5.74) is 7.84. The Morgan fingerprint density at radius 2 is 1.76 bits per heavy atom. The van der Waals surface area contributed by atoms with E-state index in [1.807, 2.05) is 0 Å². The van der Waals surface area contributed by atoms with Crippen LogP contribution in [0.1, 0.15) is 71.0 Å². The van der Waals surface area contributed by atoms with Crippen molar-refractivity contribution in [3.63, 3.8) is 0 Å². The third-order valence-electron chi connectivity index (χ3n) is 5.10. The van der Waals surface area contributed by atoms with Crippen LogP contribution in [-0.4, -0.2) is 11.0 Å². The molecule has 21 heavy (non-hydrogen) atoms. The zero-order valence-corrected chi connectivity index (χ0v) is 15.2. The van der Waals surface area contributed by atoms with Crippen LogP contribution in [0, 0.1) is 17.8 Å². The molecule has 2 N–H and O–H groups in total. The van der Waals surface area contributed by atoms with Crippen molar-refractivity contribution in [1.29, 1.82) is 0 Å². The maximum Gasteiger partial charge on any atom is 0.0944 e. The van der Waals surface area contributed by atoms with E-state index in [1.165, 1.54) is 36.4 Å². The van der Waals surface area contributed by atoms with Gasteiger partial charge >= 0.3 is 0 Å². The Hall–Kier alpha value is -0.410. The van der Waals surface area contributed by atoms with Gasteiger partial charge in [0.15, 0.2) is 0 Å². The Kier molecular flexibility index (Phi) is 5.48. The molecule has 1 atom stereocenters. The molecule has 1 heterocycles. The van der Waals surface area contributed by atoms with Gasteiger partial charge in [0.2, 0.25) is 0 Å². The summed E-state index contributed by atoms with van der Waals surface area (Å²) in [6.45, 7) is 11.4. The number of rotatable bonds is 4. The van der Waals surface area contributed by atoms with Crippen LogP contribution in [0.2, 0.25) is 0 Å². The number of nitrogens with two attached hydrogens (primary N) is 1. The Bertz CT molecular complexity index is 436. The second-order valence-corrected chi connectivity index (χ2v) is 9.11. The van der Waals surface area contributed by atoms with Crippen molar-refractivity contribution in [3.05, 3.63) is 16.1 Å². The van der Waals surface area contributed by atoms with E-state index >= 15 is 0 Å². The molecule has 1 unspecified atom stereocenters. The summed E-state index contributed by atoms with van der Waals surface area (Å²) in [6, 6.07) is 0.289. The maximum absolute atomic E-state index is 6.49. The van der Waals surface area contributed by atoms with Crippen LogP contribution >= 0.6 is 11.3 Å². The van der Waals surface area contributed by atoms with Crippen molar-refractivity contribution in [2.24, 2.45) is 23.5 Å². The average molecular weight is 309 g/mol. The first-order chi connectivity index (χ1) is 9.77. The van der Waals surface area contributed by atoms with Crippen LogP contribution in [-0.2, 0) is 11.8 Å². The average Bonchev–Trinajstić information content (AvgIpc) is 2.87. The van der Waals surface area contributed by atoms with Crippen LogP contribution in [0.3, 0.4) is 0 Å². The summed E-state index contributed by atoms with van der Waals surface area (Å²) in [5.74, 6) is 2.44. The first-order valence-electron chi connectivity index (χ1n) is 8.48. The van der Waals surface area contributed by atoms with Crippen molar-refractivity contribution in [1.82, 2.24) is 4.98 Å². The Morgan fingerprint density at radius 3 is 2.24 bits per heavy atom. The van der Waals surface area contributed by atoms with Gasteiger partial charge in [-0.2, -0.15) is 0 Å². The largest absolute Gasteiger partial charge is 0.327 e. The highest BCUT2D eigenvalue weighted by Gasteiger charge is 2.28. The normalized spacial score (nSPS) is 25.3. The summed E-state index contributed by atoms with van der Waals surface area (Å²) in [4.78, 5) is 4.80. The summed E-state index contributed by atoms with van der Waals surface area (Å²) in [5, 5.41) is 3.43. The lowest BCUT2D eigenvalue weighted by molar-refractivity contribution is 0.202. The third kappa shape index (κ3) is 4.53. The Balaban J connectivity index is 1.87. The van der Waals surface area contributed by atoms with Crippen molar-refractivity contribution in [3.8, 4) is 0 Å². The minimum absolute atomic E-state index is 0.147. The molecule has 2 nitrogen and oxygen atoms in total. The zero-order chi connectivity index (χ0) is 15.6. The second kappa shape index (κ2) is 6.78. The van der Waals surface area contributed by atoms with Crippen LogP contribution in [0.4, 0.5) is 0 Å². The molecule has 3 heteroatoms. The summed E-state index contributed by atoms with van der Waals surface area (Å²) in [7, 11) is 0. The van der Waals surface area contributed by atoms with Crippen molar-refractivity contribution in [2.75, 3.05) is 0 Å². The van der Waals surface area contributed by atoms with E-state index in [-0.39, 0.29) is 11.5 Å². The molecule has 1 saturated carbocycles. The molecule has 0 aliphatic heterocycles. The highest BCUT2D eigenvalue weighted by Crippen LogP contribution is 2.35. The highest BCUT2D eigenvalue weighted by molar-refractivity contribution is 7.09. The number of aromatic nitrogens is 1. The lowest BCUT2D eigenvalue weighted by Crippen LogP contribution is -2.35. The van der Waals surface area contributed by atoms with E-state index in [9.17, 15) is 0 Å². The molecule has 0 spiro atoms. The number of hydrogen-bond acceptors (Lipinski definition) is 3. The van der Waals surface area contributed by atoms with Crippen LogP contribution < -0.4 is 5.73 Å². The lowest BCUT2D eigenvalue weighted by atomic mass is 9.74. The van der Waals surface area contributed by atoms with E-state index in [0.717, 1.165) is 18.3 Å². The van der Waals surface area contributed by atoms with Gasteiger partial charge in [-0.3, -0.25) is 0 Å². The summed E-state index contributed by atoms with van der Waals surface area (Å²) < 4.78 is 0. The smallest absolute Gasteiger partial charge is 0.0944 e. The van der Waals surface area contributed by atoms with Crippen LogP contribution in [0.5, 0.6) is 0 Å². The van der Waals surface area contributed by atoms with Gasteiger partial charge in [-0.1, -0.05) is 34.6 Å². The maximum atomic E-state index is 6.49. The molecular formula is C18H32N2S. The van der Waals surface area contributed by atoms with Gasteiger partial charge in [0.25, 0.3) is 0 Å². The minimum Gasteiger partial charge on any atom is -0.327 e. The van der Waals surface area contributed by atoms with Gasteiger partial charge in [0, 0.05) is 23.3 Å². The first-order valence-corrected chi connectivity index (χ1v) is 9.35. The summed E-state index contributed by atoms with van der Waals surface area (Å²) in [6.07, 6.45) is 6.29. The fraction of sp³-hybridized carbons (Fsp3) is 0.833. The molecule has 1 fully saturated rings. The molecule has 1 aromatic heterocycles. The fourth-order valence-corrected chi connectivity index (χ4v) is 4.45. The van der Waals surface area contributed by atoms with Gasteiger partial charge in [-0.25, -0.2) is 4.98 Å². The standard InChI is InChI=1S/C18H32N2S/c1-12(2)13-6-8-14(9-7-13)15(19)10-17-20-16(11-21-17)18(3,4)5/h11-15H,6-10,19H2,1-5H3. The van der Waals surface area contributed by atoms with E-state index in [4.69, 9.17) is 10.7 Å². The molecule has 120 valence electrons. The fourth-order valence-electron chi connectivity index (χ4n) is 3.36. The SMILES string of the molecule is CC(C)C1CCC(C(N)Cc2nc(C(C)(C)C)cs2)CC1. The van der Waals surface area contributed by atoms with Crippen LogP contribution in [0.15, 0.2) is 5.38 Å². The topological polar surface area (TPSA) is 38.9 Å². The predicted molar refractivity (Wildman–Crippen MR) is 92.8 cm³/mol. The number of nitrogens with zero attached hydrogens (tertiary/aromatic N) is 1. The van der Waals surface area contributed by atoms with E-state index < -0.39 is 0 Å². The van der Waals surface area contributed by atoms with Gasteiger partial charge in [0.05, 0.1) is 10.7 Å². The monoisotopic (exact) mass is 308 g/mol. The zero-order valence-electron chi connectivity index (χ0n) is 14.4. The molecule has 1 aromatic rings. The van der Waals surface area contributed by atoms with E-state index in [2.05, 4.69) is 40.0 Å². The van der Waals surface area contributed by atoms with Crippen molar-refractivity contribution >= 4 is 11.3 Å². The molecular weight excluding hydrogens is 276 g/mol. The highest BCUT2D eigenvalue weighted by atomic mass is 32.1. The van der Waals surface area contributed by atoms with Gasteiger partial charge < -0.3 is 5.73 Å². The molecule has 2 rings (SSSR count). The van der Waals surface area contributed by atoms with Crippen molar-refractivity contribution < 1.29 is 0 Å². The quantitative estimate of drug-likeness (QED) is 0.870.